The highest BCUT2D eigenvalue weighted by Crippen LogP contribution is 2.36. The first-order chi connectivity index (χ1) is 15.9. The van der Waals surface area contributed by atoms with Crippen molar-refractivity contribution in [2.24, 2.45) is 11.8 Å². The summed E-state index contributed by atoms with van der Waals surface area (Å²) in [6, 6.07) is 11.9. The topological polar surface area (TPSA) is 92.7 Å². The molecular weight excluding hydrogens is 471 g/mol. The normalized spacial score (nSPS) is 19.6. The van der Waals surface area contributed by atoms with Crippen LogP contribution < -0.4 is 10.1 Å². The number of aryl methyl sites for hydroxylation is 1. The molecule has 3 rings (SSSR count). The van der Waals surface area contributed by atoms with Crippen molar-refractivity contribution in [2.75, 3.05) is 6.26 Å². The van der Waals surface area contributed by atoms with Crippen LogP contribution in [0.4, 0.5) is 13.2 Å². The molecule has 10 heteroatoms. The van der Waals surface area contributed by atoms with Gasteiger partial charge in [-0.25, -0.2) is 8.42 Å². The molecular formula is C24H28F3NO5S. The standard InChI is InChI=1S/C24H28F3NO5S/c1-34(31,32)19-12-7-16(8-13-19)9-14-22(29)20-3-2-4-21(20)23(30)28-15-17-5-10-18(11-6-17)33-24(25,26)27/h5-8,10-13,20-22,29H,2-4,9,14-15H2,1H3,(H,28,30)/t20-,21-,22?/m1/s1. The van der Waals surface area contributed by atoms with Crippen LogP contribution in [0.15, 0.2) is 53.4 Å². The Morgan fingerprint density at radius 1 is 1.09 bits per heavy atom. The van der Waals surface area contributed by atoms with Gasteiger partial charge in [-0.15, -0.1) is 13.2 Å². The van der Waals surface area contributed by atoms with E-state index < -0.39 is 22.3 Å². The van der Waals surface area contributed by atoms with Crippen LogP contribution in [0.5, 0.6) is 5.75 Å². The predicted molar refractivity (Wildman–Crippen MR) is 120 cm³/mol. The number of alkyl halides is 3. The third kappa shape index (κ3) is 7.46. The molecule has 0 heterocycles. The van der Waals surface area contributed by atoms with Crippen molar-refractivity contribution in [2.45, 2.75) is 56.0 Å². The quantitative estimate of drug-likeness (QED) is 0.544. The smallest absolute Gasteiger partial charge is 0.406 e. The van der Waals surface area contributed by atoms with Gasteiger partial charge in [0.1, 0.15) is 5.75 Å². The number of halogens is 3. The number of hydrogen-bond acceptors (Lipinski definition) is 5. The minimum atomic E-state index is -4.76. The first kappa shape index (κ1) is 26.0. The summed E-state index contributed by atoms with van der Waals surface area (Å²) in [6.45, 7) is 0.164. The molecule has 2 N–H and O–H groups in total. The van der Waals surface area contributed by atoms with Crippen molar-refractivity contribution >= 4 is 15.7 Å². The van der Waals surface area contributed by atoms with E-state index in [1.54, 1.807) is 24.3 Å². The van der Waals surface area contributed by atoms with E-state index in [1.807, 2.05) is 0 Å². The lowest BCUT2D eigenvalue weighted by molar-refractivity contribution is -0.274. The zero-order valence-corrected chi connectivity index (χ0v) is 19.5. The molecule has 0 spiro atoms. The van der Waals surface area contributed by atoms with Crippen molar-refractivity contribution in [1.29, 1.82) is 0 Å². The van der Waals surface area contributed by atoms with Crippen LogP contribution in [0.2, 0.25) is 0 Å². The zero-order valence-electron chi connectivity index (χ0n) is 18.7. The summed E-state index contributed by atoms with van der Waals surface area (Å²) < 4.78 is 63.8. The van der Waals surface area contributed by atoms with Crippen LogP contribution in [0.25, 0.3) is 0 Å². The molecule has 186 valence electrons. The largest absolute Gasteiger partial charge is 0.573 e. The molecule has 1 amide bonds. The maximum absolute atomic E-state index is 12.7. The fraction of sp³-hybridized carbons (Fsp3) is 0.458. The van der Waals surface area contributed by atoms with E-state index in [1.165, 1.54) is 24.3 Å². The summed E-state index contributed by atoms with van der Waals surface area (Å²) in [5.74, 6) is -1.03. The number of aliphatic hydroxyl groups excluding tert-OH is 1. The molecule has 1 unspecified atom stereocenters. The van der Waals surface area contributed by atoms with Gasteiger partial charge in [0.2, 0.25) is 5.91 Å². The van der Waals surface area contributed by atoms with Crippen molar-refractivity contribution < 1.29 is 36.2 Å². The summed E-state index contributed by atoms with van der Waals surface area (Å²) in [5.41, 5.74) is 1.54. The minimum absolute atomic E-state index is 0.164. The number of nitrogens with one attached hydrogen (secondary N) is 1. The van der Waals surface area contributed by atoms with Crippen LogP contribution in [0.3, 0.4) is 0 Å². The Hall–Kier alpha value is -2.59. The number of benzene rings is 2. The molecule has 0 saturated heterocycles. The highest BCUT2D eigenvalue weighted by atomic mass is 32.2. The number of carbonyl (C=O) groups excluding carboxylic acids is 1. The lowest BCUT2D eigenvalue weighted by Crippen LogP contribution is -2.36. The number of hydrogen-bond donors (Lipinski definition) is 2. The Balaban J connectivity index is 1.50. The zero-order chi connectivity index (χ0) is 24.9. The van der Waals surface area contributed by atoms with Gasteiger partial charge in [0.05, 0.1) is 11.0 Å². The van der Waals surface area contributed by atoms with Crippen LogP contribution in [-0.4, -0.2) is 38.2 Å². The Labute approximate surface area is 197 Å². The van der Waals surface area contributed by atoms with Crippen LogP contribution >= 0.6 is 0 Å². The van der Waals surface area contributed by atoms with Crippen molar-refractivity contribution in [1.82, 2.24) is 5.32 Å². The van der Waals surface area contributed by atoms with E-state index in [4.69, 9.17) is 0 Å². The average molecular weight is 500 g/mol. The second-order valence-electron chi connectivity index (χ2n) is 8.63. The molecule has 3 atom stereocenters. The highest BCUT2D eigenvalue weighted by Gasteiger charge is 2.37. The number of carbonyl (C=O) groups is 1. The summed E-state index contributed by atoms with van der Waals surface area (Å²) >= 11 is 0. The molecule has 1 saturated carbocycles. The molecule has 6 nitrogen and oxygen atoms in total. The molecule has 0 bridgehead atoms. The second-order valence-corrected chi connectivity index (χ2v) is 10.6. The van der Waals surface area contributed by atoms with Gasteiger partial charge in [0.15, 0.2) is 9.84 Å². The first-order valence-corrected chi connectivity index (χ1v) is 12.9. The van der Waals surface area contributed by atoms with Gasteiger partial charge in [-0.2, -0.15) is 0 Å². The van der Waals surface area contributed by atoms with Gasteiger partial charge < -0.3 is 15.2 Å². The van der Waals surface area contributed by atoms with E-state index in [9.17, 15) is 31.5 Å². The lowest BCUT2D eigenvalue weighted by atomic mass is 9.87. The number of sulfone groups is 1. The van der Waals surface area contributed by atoms with Gasteiger partial charge in [-0.05, 0) is 67.0 Å². The number of aliphatic hydroxyl groups is 1. The minimum Gasteiger partial charge on any atom is -0.406 e. The molecule has 0 aliphatic heterocycles. The molecule has 34 heavy (non-hydrogen) atoms. The second kappa shape index (κ2) is 10.8. The number of rotatable bonds is 9. The Morgan fingerprint density at radius 2 is 1.71 bits per heavy atom. The molecule has 1 aliphatic rings. The third-order valence-corrected chi connectivity index (χ3v) is 7.23. The van der Waals surface area contributed by atoms with E-state index in [0.717, 1.165) is 24.7 Å². The third-order valence-electron chi connectivity index (χ3n) is 6.10. The van der Waals surface area contributed by atoms with Crippen molar-refractivity contribution in [3.05, 3.63) is 59.7 Å². The van der Waals surface area contributed by atoms with Crippen molar-refractivity contribution in [3.8, 4) is 5.75 Å². The molecule has 1 aliphatic carbocycles. The molecule has 0 aromatic heterocycles. The monoisotopic (exact) mass is 499 g/mol. The molecule has 2 aromatic rings. The number of amides is 1. The molecule has 2 aromatic carbocycles. The van der Waals surface area contributed by atoms with Gasteiger partial charge in [0.25, 0.3) is 0 Å². The Bertz CT molecular complexity index is 1070. The van der Waals surface area contributed by atoms with Gasteiger partial charge in [-0.3, -0.25) is 4.79 Å². The summed E-state index contributed by atoms with van der Waals surface area (Å²) in [5, 5.41) is 13.6. The van der Waals surface area contributed by atoms with Crippen LogP contribution in [0, 0.1) is 11.8 Å². The van der Waals surface area contributed by atoms with Gasteiger partial charge >= 0.3 is 6.36 Å². The fourth-order valence-corrected chi connectivity index (χ4v) is 4.97. The molecule has 1 fully saturated rings. The molecule has 0 radical (unpaired) electrons. The van der Waals surface area contributed by atoms with E-state index >= 15 is 0 Å². The summed E-state index contributed by atoms with van der Waals surface area (Å²) in [7, 11) is -3.26. The Morgan fingerprint density at radius 3 is 2.29 bits per heavy atom. The lowest BCUT2D eigenvalue weighted by Gasteiger charge is -2.24. The van der Waals surface area contributed by atoms with Crippen LogP contribution in [-0.2, 0) is 27.6 Å². The summed E-state index contributed by atoms with van der Waals surface area (Å²) in [4.78, 5) is 13.0. The van der Waals surface area contributed by atoms with Crippen molar-refractivity contribution in [3.63, 3.8) is 0 Å². The van der Waals surface area contributed by atoms with E-state index in [0.29, 0.717) is 24.8 Å². The maximum atomic E-state index is 12.7. The predicted octanol–water partition coefficient (Wildman–Crippen LogP) is 4.01. The average Bonchev–Trinajstić information content (AvgIpc) is 3.25. The SMILES string of the molecule is CS(=O)(=O)c1ccc(CCC(O)[C@@H]2CCC[C@H]2C(=O)NCc2ccc(OC(F)(F)F)cc2)cc1. The van der Waals surface area contributed by atoms with E-state index in [-0.39, 0.29) is 34.9 Å². The first-order valence-electron chi connectivity index (χ1n) is 11.0. The van der Waals surface area contributed by atoms with Gasteiger partial charge in [0, 0.05) is 18.7 Å². The van der Waals surface area contributed by atoms with E-state index in [2.05, 4.69) is 10.1 Å². The van der Waals surface area contributed by atoms with Crippen LogP contribution in [0.1, 0.15) is 36.8 Å². The van der Waals surface area contributed by atoms with Gasteiger partial charge in [-0.1, -0.05) is 30.7 Å². The number of ether oxygens (including phenoxy) is 1. The summed E-state index contributed by atoms with van der Waals surface area (Å²) in [6.07, 6.45) is -1.05. The Kier molecular flexibility index (Phi) is 8.25. The fourth-order valence-electron chi connectivity index (χ4n) is 4.34. The maximum Gasteiger partial charge on any atom is 0.573 e. The highest BCUT2D eigenvalue weighted by molar-refractivity contribution is 7.90.